The van der Waals surface area contributed by atoms with Gasteiger partial charge in [-0.2, -0.15) is 0 Å². The summed E-state index contributed by atoms with van der Waals surface area (Å²) in [5.41, 5.74) is 6.41. The quantitative estimate of drug-likeness (QED) is 0.778. The average Bonchev–Trinajstić information content (AvgIpc) is 2.67. The number of hydrogen-bond acceptors (Lipinski definition) is 4. The lowest BCUT2D eigenvalue weighted by Crippen LogP contribution is -2.23. The molecule has 0 aliphatic rings. The van der Waals surface area contributed by atoms with Crippen LogP contribution < -0.4 is 16.0 Å². The molecule has 18 heavy (non-hydrogen) atoms. The third-order valence-electron chi connectivity index (χ3n) is 2.38. The van der Waals surface area contributed by atoms with Crippen molar-refractivity contribution in [3.05, 3.63) is 23.6 Å². The van der Waals surface area contributed by atoms with E-state index in [1.54, 1.807) is 6.08 Å². The second-order valence-electron chi connectivity index (χ2n) is 4.64. The Hall–Kier alpha value is -1.49. The number of rotatable bonds is 6. The van der Waals surface area contributed by atoms with E-state index in [9.17, 15) is 4.79 Å². The number of hydrogen-bond donors (Lipinski definition) is 2. The SMILES string of the molecule is C=CCNC(=O)c1sc(N(C)CC(C)C)cc1N. The zero-order valence-corrected chi connectivity index (χ0v) is 12.0. The van der Waals surface area contributed by atoms with E-state index in [1.165, 1.54) is 11.3 Å². The Kier molecular flexibility index (Phi) is 5.22. The molecule has 1 amide bonds. The maximum absolute atomic E-state index is 11.8. The molecule has 0 atom stereocenters. The molecule has 100 valence electrons. The molecular formula is C13H21N3OS. The number of carbonyl (C=O) groups excluding carboxylic acids is 1. The van der Waals surface area contributed by atoms with Crippen molar-refractivity contribution in [1.82, 2.24) is 5.32 Å². The van der Waals surface area contributed by atoms with Crippen LogP contribution in [0, 0.1) is 5.92 Å². The van der Waals surface area contributed by atoms with E-state index in [4.69, 9.17) is 5.73 Å². The van der Waals surface area contributed by atoms with Crippen LogP contribution in [-0.2, 0) is 0 Å². The first-order valence-corrected chi connectivity index (χ1v) is 6.76. The van der Waals surface area contributed by atoms with Crippen LogP contribution in [0.25, 0.3) is 0 Å². The lowest BCUT2D eigenvalue weighted by atomic mass is 10.2. The first kappa shape index (κ1) is 14.6. The third kappa shape index (κ3) is 3.77. The fourth-order valence-corrected chi connectivity index (χ4v) is 2.61. The van der Waals surface area contributed by atoms with Gasteiger partial charge in [-0.1, -0.05) is 19.9 Å². The van der Waals surface area contributed by atoms with Crippen molar-refractivity contribution in [3.63, 3.8) is 0 Å². The summed E-state index contributed by atoms with van der Waals surface area (Å²) in [4.78, 5) is 14.5. The van der Waals surface area contributed by atoms with E-state index in [-0.39, 0.29) is 5.91 Å². The molecule has 1 aromatic rings. The van der Waals surface area contributed by atoms with Crippen molar-refractivity contribution in [1.29, 1.82) is 0 Å². The molecule has 0 aromatic carbocycles. The first-order valence-electron chi connectivity index (χ1n) is 5.95. The van der Waals surface area contributed by atoms with E-state index >= 15 is 0 Å². The van der Waals surface area contributed by atoms with Crippen LogP contribution in [0.1, 0.15) is 23.5 Å². The number of carbonyl (C=O) groups is 1. The molecule has 0 aliphatic carbocycles. The molecule has 1 aromatic heterocycles. The van der Waals surface area contributed by atoms with E-state index < -0.39 is 0 Å². The summed E-state index contributed by atoms with van der Waals surface area (Å²) in [6.07, 6.45) is 1.65. The minimum absolute atomic E-state index is 0.137. The summed E-state index contributed by atoms with van der Waals surface area (Å²) in [6.45, 7) is 9.27. The minimum atomic E-state index is -0.137. The number of amides is 1. The lowest BCUT2D eigenvalue weighted by molar-refractivity contribution is 0.0963. The molecule has 0 spiro atoms. The van der Waals surface area contributed by atoms with Crippen LogP contribution in [-0.4, -0.2) is 26.0 Å². The minimum Gasteiger partial charge on any atom is -0.397 e. The summed E-state index contributed by atoms with van der Waals surface area (Å²) in [6, 6.07) is 1.86. The first-order chi connectivity index (χ1) is 8.45. The van der Waals surface area contributed by atoms with Crippen molar-refractivity contribution < 1.29 is 4.79 Å². The molecule has 5 heteroatoms. The topological polar surface area (TPSA) is 58.4 Å². The Morgan fingerprint density at radius 2 is 2.33 bits per heavy atom. The number of nitrogen functional groups attached to an aromatic ring is 1. The Labute approximate surface area is 112 Å². The predicted molar refractivity (Wildman–Crippen MR) is 79.4 cm³/mol. The second kappa shape index (κ2) is 6.44. The van der Waals surface area contributed by atoms with E-state index in [0.29, 0.717) is 23.0 Å². The highest BCUT2D eigenvalue weighted by Gasteiger charge is 2.16. The third-order valence-corrected chi connectivity index (χ3v) is 3.64. The van der Waals surface area contributed by atoms with Gasteiger partial charge in [0.1, 0.15) is 4.88 Å². The van der Waals surface area contributed by atoms with Gasteiger partial charge in [0, 0.05) is 20.1 Å². The normalized spacial score (nSPS) is 10.4. The average molecular weight is 267 g/mol. The Bertz CT molecular complexity index is 426. The highest BCUT2D eigenvalue weighted by Crippen LogP contribution is 2.31. The van der Waals surface area contributed by atoms with Crippen LogP contribution in [0.4, 0.5) is 10.7 Å². The molecule has 3 N–H and O–H groups in total. The Morgan fingerprint density at radius 3 is 2.89 bits per heavy atom. The molecule has 0 aliphatic heterocycles. The largest absolute Gasteiger partial charge is 0.397 e. The molecular weight excluding hydrogens is 246 g/mol. The number of nitrogens with zero attached hydrogens (tertiary/aromatic N) is 1. The number of nitrogens with two attached hydrogens (primary N) is 1. The molecule has 1 rings (SSSR count). The van der Waals surface area contributed by atoms with Gasteiger partial charge >= 0.3 is 0 Å². The number of thiophene rings is 1. The summed E-state index contributed by atoms with van der Waals surface area (Å²) in [5.74, 6) is 0.429. The molecule has 1 heterocycles. The Balaban J connectivity index is 2.80. The molecule has 0 unspecified atom stereocenters. The monoisotopic (exact) mass is 267 g/mol. The molecule has 0 radical (unpaired) electrons. The zero-order chi connectivity index (χ0) is 13.7. The fraction of sp³-hybridized carbons (Fsp3) is 0.462. The second-order valence-corrected chi connectivity index (χ2v) is 5.67. The van der Waals surface area contributed by atoms with Gasteiger partial charge in [-0.3, -0.25) is 4.79 Å². The van der Waals surface area contributed by atoms with Crippen LogP contribution in [0.2, 0.25) is 0 Å². The highest BCUT2D eigenvalue weighted by molar-refractivity contribution is 7.18. The maximum Gasteiger partial charge on any atom is 0.263 e. The van der Waals surface area contributed by atoms with Crippen LogP contribution in [0.15, 0.2) is 18.7 Å². The van der Waals surface area contributed by atoms with Gasteiger partial charge in [-0.15, -0.1) is 17.9 Å². The molecule has 0 saturated carbocycles. The van der Waals surface area contributed by atoms with Crippen molar-refractivity contribution in [3.8, 4) is 0 Å². The van der Waals surface area contributed by atoms with Gasteiger partial charge in [0.05, 0.1) is 10.7 Å². The Morgan fingerprint density at radius 1 is 1.67 bits per heavy atom. The molecule has 0 saturated heterocycles. The van der Waals surface area contributed by atoms with Crippen molar-refractivity contribution >= 4 is 27.9 Å². The van der Waals surface area contributed by atoms with Gasteiger partial charge in [0.25, 0.3) is 5.91 Å². The maximum atomic E-state index is 11.8. The van der Waals surface area contributed by atoms with E-state index in [0.717, 1.165) is 11.5 Å². The lowest BCUT2D eigenvalue weighted by Gasteiger charge is -2.18. The standard InChI is InChI=1S/C13H21N3OS/c1-5-6-15-13(17)12-10(14)7-11(18-12)16(4)8-9(2)3/h5,7,9H,1,6,8,14H2,2-4H3,(H,15,17). The number of anilines is 2. The summed E-state index contributed by atoms with van der Waals surface area (Å²) in [7, 11) is 2.01. The predicted octanol–water partition coefficient (Wildman–Crippen LogP) is 2.34. The zero-order valence-electron chi connectivity index (χ0n) is 11.2. The summed E-state index contributed by atoms with van der Waals surface area (Å²) in [5, 5.41) is 3.76. The van der Waals surface area contributed by atoms with Crippen LogP contribution >= 0.6 is 11.3 Å². The van der Waals surface area contributed by atoms with Crippen molar-refractivity contribution in [2.45, 2.75) is 13.8 Å². The fourth-order valence-electron chi connectivity index (χ4n) is 1.64. The summed E-state index contributed by atoms with van der Waals surface area (Å²) < 4.78 is 0. The molecule has 0 fully saturated rings. The molecule has 4 nitrogen and oxygen atoms in total. The van der Waals surface area contributed by atoms with Gasteiger partial charge in [-0.05, 0) is 12.0 Å². The molecule has 0 bridgehead atoms. The van der Waals surface area contributed by atoms with Gasteiger partial charge in [0.2, 0.25) is 0 Å². The van der Waals surface area contributed by atoms with E-state index in [1.807, 2.05) is 13.1 Å². The smallest absolute Gasteiger partial charge is 0.263 e. The van der Waals surface area contributed by atoms with Crippen LogP contribution in [0.3, 0.4) is 0 Å². The number of nitrogens with one attached hydrogen (secondary N) is 1. The van der Waals surface area contributed by atoms with Crippen molar-refractivity contribution in [2.75, 3.05) is 30.8 Å². The van der Waals surface area contributed by atoms with E-state index in [2.05, 4.69) is 30.6 Å². The van der Waals surface area contributed by atoms with Gasteiger partial charge in [-0.25, -0.2) is 0 Å². The summed E-state index contributed by atoms with van der Waals surface area (Å²) >= 11 is 1.42. The van der Waals surface area contributed by atoms with Crippen LogP contribution in [0.5, 0.6) is 0 Å². The van der Waals surface area contributed by atoms with Crippen molar-refractivity contribution in [2.24, 2.45) is 5.92 Å². The van der Waals surface area contributed by atoms with Gasteiger partial charge in [0.15, 0.2) is 0 Å². The van der Waals surface area contributed by atoms with Gasteiger partial charge < -0.3 is 16.0 Å². The highest BCUT2D eigenvalue weighted by atomic mass is 32.1.